The number of rotatable bonds is 4. The van der Waals surface area contributed by atoms with Gasteiger partial charge in [0.15, 0.2) is 0 Å². The molecule has 1 saturated heterocycles. The molecule has 1 aromatic heterocycles. The van der Waals surface area contributed by atoms with Gasteiger partial charge in [-0.25, -0.2) is 4.68 Å². The van der Waals surface area contributed by atoms with Crippen LogP contribution in [0.25, 0.3) is 22.0 Å². The molecule has 1 fully saturated rings. The molecule has 3 aromatic carbocycles. The molecule has 6 nitrogen and oxygen atoms in total. The van der Waals surface area contributed by atoms with Crippen LogP contribution in [0.1, 0.15) is 0 Å². The molecule has 1 aliphatic heterocycles. The van der Waals surface area contributed by atoms with E-state index in [0.717, 1.165) is 35.1 Å². The highest BCUT2D eigenvalue weighted by Crippen LogP contribution is 2.22. The summed E-state index contributed by atoms with van der Waals surface area (Å²) in [7, 11) is 0. The molecule has 0 aliphatic carbocycles. The van der Waals surface area contributed by atoms with Gasteiger partial charge in [0.2, 0.25) is 5.91 Å². The predicted octanol–water partition coefficient (Wildman–Crippen LogP) is 4.07. The number of anilines is 1. The zero-order chi connectivity index (χ0) is 22.8. The molecule has 1 aliphatic rings. The zero-order valence-corrected chi connectivity index (χ0v) is 18.8. The van der Waals surface area contributed by atoms with Gasteiger partial charge in [0.1, 0.15) is 6.54 Å². The summed E-state index contributed by atoms with van der Waals surface area (Å²) in [6, 6.07) is 25.1. The summed E-state index contributed by atoms with van der Waals surface area (Å²) in [5.74, 6) is -0.101. The molecule has 0 unspecified atom stereocenters. The van der Waals surface area contributed by atoms with Crippen LogP contribution < -0.4 is 10.5 Å². The highest BCUT2D eigenvalue weighted by molar-refractivity contribution is 6.30. The van der Waals surface area contributed by atoms with Crippen LogP contribution in [0.5, 0.6) is 0 Å². The van der Waals surface area contributed by atoms with Gasteiger partial charge in [0, 0.05) is 48.5 Å². The quantitative estimate of drug-likeness (QED) is 0.462. The third kappa shape index (κ3) is 4.61. The third-order valence-electron chi connectivity index (χ3n) is 6.02. The lowest BCUT2D eigenvalue weighted by molar-refractivity contribution is -0.132. The summed E-state index contributed by atoms with van der Waals surface area (Å²) in [4.78, 5) is 29.4. The Kier molecular flexibility index (Phi) is 5.84. The summed E-state index contributed by atoms with van der Waals surface area (Å²) in [5.41, 5.74) is 2.38. The standard InChI is InChI=1S/C26H23ClN4O2/c27-22-7-9-23(10-8-22)29-13-15-30(16-14-29)26(33)18-31-25(32)12-11-24(28-31)21-6-5-19-3-1-2-4-20(19)17-21/h1-12,17H,13-16,18H2. The minimum Gasteiger partial charge on any atom is -0.368 e. The highest BCUT2D eigenvalue weighted by Gasteiger charge is 2.22. The van der Waals surface area contributed by atoms with Crippen molar-refractivity contribution >= 4 is 34.0 Å². The van der Waals surface area contributed by atoms with Crippen LogP contribution in [0.4, 0.5) is 5.69 Å². The number of halogens is 1. The van der Waals surface area contributed by atoms with Crippen LogP contribution in [-0.2, 0) is 11.3 Å². The van der Waals surface area contributed by atoms with Gasteiger partial charge >= 0.3 is 0 Å². The summed E-state index contributed by atoms with van der Waals surface area (Å²) >= 11 is 5.98. The number of piperazine rings is 1. The Morgan fingerprint density at radius 1 is 0.848 bits per heavy atom. The van der Waals surface area contributed by atoms with E-state index in [0.29, 0.717) is 23.8 Å². The van der Waals surface area contributed by atoms with Gasteiger partial charge in [-0.3, -0.25) is 9.59 Å². The number of hydrogen-bond donors (Lipinski definition) is 0. The molecule has 0 atom stereocenters. The van der Waals surface area contributed by atoms with Gasteiger partial charge in [-0.1, -0.05) is 48.0 Å². The lowest BCUT2D eigenvalue weighted by Gasteiger charge is -2.36. The maximum atomic E-state index is 12.9. The van der Waals surface area contributed by atoms with E-state index in [1.54, 1.807) is 11.0 Å². The van der Waals surface area contributed by atoms with E-state index in [1.807, 2.05) is 60.7 Å². The summed E-state index contributed by atoms with van der Waals surface area (Å²) in [6.07, 6.45) is 0. The van der Waals surface area contributed by atoms with Crippen LogP contribution in [-0.4, -0.2) is 46.8 Å². The van der Waals surface area contributed by atoms with Gasteiger partial charge in [0.25, 0.3) is 5.56 Å². The number of aromatic nitrogens is 2. The van der Waals surface area contributed by atoms with Gasteiger partial charge in [-0.2, -0.15) is 5.10 Å². The molecule has 0 N–H and O–H groups in total. The van der Waals surface area contributed by atoms with E-state index in [9.17, 15) is 9.59 Å². The van der Waals surface area contributed by atoms with Gasteiger partial charge in [0.05, 0.1) is 5.69 Å². The number of benzene rings is 3. The average molecular weight is 459 g/mol. The van der Waals surface area contributed by atoms with Crippen molar-refractivity contribution in [2.24, 2.45) is 0 Å². The number of carbonyl (C=O) groups is 1. The van der Waals surface area contributed by atoms with E-state index in [2.05, 4.69) is 16.1 Å². The smallest absolute Gasteiger partial charge is 0.267 e. The van der Waals surface area contributed by atoms with Crippen molar-refractivity contribution in [2.45, 2.75) is 6.54 Å². The average Bonchev–Trinajstić information content (AvgIpc) is 2.85. The first-order valence-electron chi connectivity index (χ1n) is 10.9. The van der Waals surface area contributed by atoms with E-state index in [4.69, 9.17) is 11.6 Å². The number of nitrogens with zero attached hydrogens (tertiary/aromatic N) is 4. The van der Waals surface area contributed by atoms with Gasteiger partial charge in [-0.05, 0) is 47.2 Å². The molecule has 7 heteroatoms. The van der Waals surface area contributed by atoms with E-state index in [-0.39, 0.29) is 18.0 Å². The Bertz CT molecular complexity index is 1360. The zero-order valence-electron chi connectivity index (χ0n) is 18.0. The number of fused-ring (bicyclic) bond motifs is 1. The molecule has 4 aromatic rings. The maximum absolute atomic E-state index is 12.9. The van der Waals surface area contributed by atoms with Crippen molar-refractivity contribution < 1.29 is 4.79 Å². The lowest BCUT2D eigenvalue weighted by Crippen LogP contribution is -2.50. The molecule has 33 heavy (non-hydrogen) atoms. The van der Waals surface area contributed by atoms with Crippen molar-refractivity contribution in [3.63, 3.8) is 0 Å². The van der Waals surface area contributed by atoms with Crippen molar-refractivity contribution in [3.05, 3.63) is 94.2 Å². The SMILES string of the molecule is O=C(Cn1nc(-c2ccc3ccccc3c2)ccc1=O)N1CCN(c2ccc(Cl)cc2)CC1. The first kappa shape index (κ1) is 21.2. The topological polar surface area (TPSA) is 58.4 Å². The predicted molar refractivity (Wildman–Crippen MR) is 132 cm³/mol. The number of hydrogen-bond acceptors (Lipinski definition) is 4. The number of amides is 1. The van der Waals surface area contributed by atoms with Crippen molar-refractivity contribution in [3.8, 4) is 11.3 Å². The Morgan fingerprint density at radius 3 is 2.33 bits per heavy atom. The molecular formula is C26H23ClN4O2. The van der Waals surface area contributed by atoms with Crippen LogP contribution in [0.2, 0.25) is 5.02 Å². The van der Waals surface area contributed by atoms with Gasteiger partial charge < -0.3 is 9.80 Å². The molecule has 2 heterocycles. The molecule has 1 amide bonds. The molecule has 0 saturated carbocycles. The minimum absolute atomic E-state index is 0.0683. The fourth-order valence-electron chi connectivity index (χ4n) is 4.16. The van der Waals surface area contributed by atoms with Crippen molar-refractivity contribution in [1.29, 1.82) is 0 Å². The van der Waals surface area contributed by atoms with E-state index in [1.165, 1.54) is 10.7 Å². The molecule has 0 radical (unpaired) electrons. The molecule has 0 bridgehead atoms. The Hall–Kier alpha value is -3.64. The summed E-state index contributed by atoms with van der Waals surface area (Å²) < 4.78 is 1.26. The van der Waals surface area contributed by atoms with Gasteiger partial charge in [-0.15, -0.1) is 0 Å². The Labute approximate surface area is 196 Å². The second-order valence-electron chi connectivity index (χ2n) is 8.12. The minimum atomic E-state index is -0.285. The summed E-state index contributed by atoms with van der Waals surface area (Å²) in [6.45, 7) is 2.59. The highest BCUT2D eigenvalue weighted by atomic mass is 35.5. The molecular weight excluding hydrogens is 436 g/mol. The van der Waals surface area contributed by atoms with Crippen LogP contribution in [0, 0.1) is 0 Å². The second kappa shape index (κ2) is 9.08. The molecule has 0 spiro atoms. The fourth-order valence-corrected chi connectivity index (χ4v) is 4.28. The molecule has 166 valence electrons. The van der Waals surface area contributed by atoms with Crippen molar-refractivity contribution in [1.82, 2.24) is 14.7 Å². The van der Waals surface area contributed by atoms with E-state index < -0.39 is 0 Å². The van der Waals surface area contributed by atoms with Crippen molar-refractivity contribution in [2.75, 3.05) is 31.1 Å². The lowest BCUT2D eigenvalue weighted by atomic mass is 10.1. The first-order valence-corrected chi connectivity index (χ1v) is 11.3. The fraction of sp³-hybridized carbons (Fsp3) is 0.192. The first-order chi connectivity index (χ1) is 16.1. The largest absolute Gasteiger partial charge is 0.368 e. The van der Waals surface area contributed by atoms with Crippen LogP contribution in [0.15, 0.2) is 83.7 Å². The third-order valence-corrected chi connectivity index (χ3v) is 6.27. The normalized spacial score (nSPS) is 14.0. The maximum Gasteiger partial charge on any atom is 0.267 e. The van der Waals surface area contributed by atoms with Crippen LogP contribution >= 0.6 is 11.6 Å². The Morgan fingerprint density at radius 2 is 1.58 bits per heavy atom. The Balaban J connectivity index is 1.28. The summed E-state index contributed by atoms with van der Waals surface area (Å²) in [5, 5.41) is 7.44. The number of carbonyl (C=O) groups excluding carboxylic acids is 1. The van der Waals surface area contributed by atoms with Crippen LogP contribution in [0.3, 0.4) is 0 Å². The second-order valence-corrected chi connectivity index (χ2v) is 8.56. The monoisotopic (exact) mass is 458 g/mol. The van der Waals surface area contributed by atoms with E-state index >= 15 is 0 Å². The molecule has 5 rings (SSSR count).